The third-order valence-corrected chi connectivity index (χ3v) is 4.36. The van der Waals surface area contributed by atoms with Gasteiger partial charge in [0, 0.05) is 30.6 Å². The molecule has 1 aliphatic heterocycles. The minimum absolute atomic E-state index is 0.0148. The summed E-state index contributed by atoms with van der Waals surface area (Å²) < 4.78 is 11.0. The Balaban J connectivity index is 1.84. The van der Waals surface area contributed by atoms with E-state index in [1.807, 2.05) is 31.2 Å². The summed E-state index contributed by atoms with van der Waals surface area (Å²) in [7, 11) is 0. The number of rotatable bonds is 4. The molecule has 6 nitrogen and oxygen atoms in total. The molecule has 2 heterocycles. The van der Waals surface area contributed by atoms with Crippen molar-refractivity contribution in [3.63, 3.8) is 0 Å². The summed E-state index contributed by atoms with van der Waals surface area (Å²) in [6.45, 7) is 5.97. The van der Waals surface area contributed by atoms with Crippen LogP contribution < -0.4 is 0 Å². The Morgan fingerprint density at radius 1 is 1.08 bits per heavy atom. The Hall–Kier alpha value is -2.86. The van der Waals surface area contributed by atoms with Crippen molar-refractivity contribution in [1.82, 2.24) is 4.90 Å². The molecule has 0 bridgehead atoms. The maximum Gasteiger partial charge on any atom is 0.328 e. The monoisotopic (exact) mass is 355 g/mol. The molecule has 0 unspecified atom stereocenters. The van der Waals surface area contributed by atoms with E-state index in [1.54, 1.807) is 17.9 Å². The summed E-state index contributed by atoms with van der Waals surface area (Å²) >= 11 is 0. The van der Waals surface area contributed by atoms with Crippen LogP contribution in [-0.4, -0.2) is 48.2 Å². The number of aliphatic carboxylic acids is 1. The van der Waals surface area contributed by atoms with Crippen LogP contribution in [0.5, 0.6) is 0 Å². The number of carboxylic acid groups (broad SMARTS) is 1. The Morgan fingerprint density at radius 2 is 1.81 bits per heavy atom. The van der Waals surface area contributed by atoms with Gasteiger partial charge in [-0.1, -0.05) is 6.07 Å². The molecule has 1 saturated heterocycles. The summed E-state index contributed by atoms with van der Waals surface area (Å²) in [5, 5.41) is 9.72. The van der Waals surface area contributed by atoms with E-state index in [0.717, 1.165) is 22.6 Å². The Kier molecular flexibility index (Phi) is 5.23. The molecule has 26 heavy (non-hydrogen) atoms. The van der Waals surface area contributed by atoms with Crippen LogP contribution in [0.25, 0.3) is 22.1 Å². The standard InChI is InChI=1S/C20H21NO5/c1-13(9-19(22)21-5-7-25-8-6-21)15-3-4-17-16(11-15)12-18(26-17)14(2)10-20(23)24/h3-4,9-12H,5-8H2,1-2H3,(H,23,24)/b13-9-,14-10+. The average molecular weight is 355 g/mol. The number of fused-ring (bicyclic) bond motifs is 1. The summed E-state index contributed by atoms with van der Waals surface area (Å²) in [6, 6.07) is 7.47. The van der Waals surface area contributed by atoms with E-state index in [0.29, 0.717) is 43.2 Å². The van der Waals surface area contributed by atoms with E-state index in [1.165, 1.54) is 0 Å². The molecule has 0 saturated carbocycles. The van der Waals surface area contributed by atoms with E-state index in [-0.39, 0.29) is 5.91 Å². The van der Waals surface area contributed by atoms with Gasteiger partial charge in [0.1, 0.15) is 11.3 Å². The quantitative estimate of drug-likeness (QED) is 0.852. The molecular formula is C20H21NO5. The number of nitrogens with zero attached hydrogens (tertiary/aromatic N) is 1. The van der Waals surface area contributed by atoms with Crippen molar-refractivity contribution in [2.75, 3.05) is 26.3 Å². The van der Waals surface area contributed by atoms with Gasteiger partial charge in [-0.3, -0.25) is 4.79 Å². The number of allylic oxidation sites excluding steroid dienone is 2. The van der Waals surface area contributed by atoms with Crippen LogP contribution in [-0.2, 0) is 14.3 Å². The van der Waals surface area contributed by atoms with Crippen LogP contribution >= 0.6 is 0 Å². The van der Waals surface area contributed by atoms with Gasteiger partial charge < -0.3 is 19.2 Å². The van der Waals surface area contributed by atoms with Gasteiger partial charge in [0.15, 0.2) is 0 Å². The third kappa shape index (κ3) is 4.03. The van der Waals surface area contributed by atoms with Crippen LogP contribution in [0.1, 0.15) is 25.2 Å². The maximum atomic E-state index is 12.4. The first-order valence-electron chi connectivity index (χ1n) is 8.44. The molecule has 1 aromatic carbocycles. The molecular weight excluding hydrogens is 334 g/mol. The van der Waals surface area contributed by atoms with E-state index >= 15 is 0 Å². The number of ether oxygens (including phenoxy) is 1. The highest BCUT2D eigenvalue weighted by atomic mass is 16.5. The molecule has 1 fully saturated rings. The normalized spacial score (nSPS) is 16.2. The van der Waals surface area contributed by atoms with Gasteiger partial charge in [-0.05, 0) is 48.8 Å². The van der Waals surface area contributed by atoms with Crippen molar-refractivity contribution in [2.24, 2.45) is 0 Å². The molecule has 0 radical (unpaired) electrons. The molecule has 0 spiro atoms. The van der Waals surface area contributed by atoms with Crippen molar-refractivity contribution in [2.45, 2.75) is 13.8 Å². The molecule has 3 rings (SSSR count). The van der Waals surface area contributed by atoms with Gasteiger partial charge in [0.25, 0.3) is 0 Å². The van der Waals surface area contributed by atoms with Crippen LogP contribution in [0.4, 0.5) is 0 Å². The molecule has 136 valence electrons. The molecule has 2 aromatic rings. The zero-order valence-corrected chi connectivity index (χ0v) is 14.8. The highest BCUT2D eigenvalue weighted by Gasteiger charge is 2.15. The molecule has 1 aromatic heterocycles. The SMILES string of the molecule is C/C(=C/C(=O)N1CCOCC1)c1ccc2oc(/C(C)=C/C(=O)O)cc2c1. The van der Waals surface area contributed by atoms with Gasteiger partial charge in [-0.25, -0.2) is 4.79 Å². The number of carbonyl (C=O) groups is 2. The lowest BCUT2D eigenvalue weighted by Crippen LogP contribution is -2.39. The van der Waals surface area contributed by atoms with E-state index in [2.05, 4.69) is 0 Å². The number of carboxylic acids is 1. The maximum absolute atomic E-state index is 12.4. The van der Waals surface area contributed by atoms with Crippen LogP contribution in [0.15, 0.2) is 40.8 Å². The highest BCUT2D eigenvalue weighted by Crippen LogP contribution is 2.27. The number of hydrogen-bond donors (Lipinski definition) is 1. The Bertz CT molecular complexity index is 900. The van der Waals surface area contributed by atoms with E-state index in [9.17, 15) is 9.59 Å². The summed E-state index contributed by atoms with van der Waals surface area (Å²) in [4.78, 5) is 24.9. The summed E-state index contributed by atoms with van der Waals surface area (Å²) in [6.07, 6.45) is 2.76. The van der Waals surface area contributed by atoms with Crippen molar-refractivity contribution < 1.29 is 23.8 Å². The number of carbonyl (C=O) groups excluding carboxylic acids is 1. The van der Waals surface area contributed by atoms with Crippen molar-refractivity contribution in [3.8, 4) is 0 Å². The van der Waals surface area contributed by atoms with Crippen LogP contribution in [0.3, 0.4) is 0 Å². The zero-order valence-electron chi connectivity index (χ0n) is 14.8. The average Bonchev–Trinajstić information content (AvgIpc) is 3.05. The van der Waals surface area contributed by atoms with Crippen molar-refractivity contribution in [1.29, 1.82) is 0 Å². The molecule has 0 atom stereocenters. The first kappa shape index (κ1) is 17.9. The Labute approximate surface area is 151 Å². The van der Waals surface area contributed by atoms with Gasteiger partial charge >= 0.3 is 5.97 Å². The lowest BCUT2D eigenvalue weighted by atomic mass is 10.0. The predicted octanol–water partition coefficient (Wildman–Crippen LogP) is 3.18. The number of morpholine rings is 1. The highest BCUT2D eigenvalue weighted by molar-refractivity contribution is 5.96. The predicted molar refractivity (Wildman–Crippen MR) is 98.6 cm³/mol. The largest absolute Gasteiger partial charge is 0.478 e. The van der Waals surface area contributed by atoms with E-state index < -0.39 is 5.97 Å². The number of furan rings is 1. The summed E-state index contributed by atoms with van der Waals surface area (Å²) in [5.74, 6) is -0.506. The second-order valence-electron chi connectivity index (χ2n) is 6.29. The first-order valence-corrected chi connectivity index (χ1v) is 8.44. The number of benzene rings is 1. The molecule has 1 aliphatic rings. The van der Waals surface area contributed by atoms with Gasteiger partial charge in [0.2, 0.25) is 5.91 Å². The zero-order chi connectivity index (χ0) is 18.7. The minimum atomic E-state index is -1.01. The van der Waals surface area contributed by atoms with Crippen LogP contribution in [0.2, 0.25) is 0 Å². The van der Waals surface area contributed by atoms with Gasteiger partial charge in [-0.2, -0.15) is 0 Å². The molecule has 1 N–H and O–H groups in total. The third-order valence-electron chi connectivity index (χ3n) is 4.36. The first-order chi connectivity index (χ1) is 12.4. The smallest absolute Gasteiger partial charge is 0.328 e. The molecule has 6 heteroatoms. The number of hydrogen-bond acceptors (Lipinski definition) is 4. The lowest BCUT2D eigenvalue weighted by molar-refractivity contribution is -0.131. The Morgan fingerprint density at radius 3 is 2.50 bits per heavy atom. The lowest BCUT2D eigenvalue weighted by Gasteiger charge is -2.25. The fraction of sp³-hybridized carbons (Fsp3) is 0.300. The second-order valence-corrected chi connectivity index (χ2v) is 6.29. The fourth-order valence-corrected chi connectivity index (χ4v) is 2.88. The van der Waals surface area contributed by atoms with Gasteiger partial charge in [0.05, 0.1) is 13.2 Å². The van der Waals surface area contributed by atoms with Gasteiger partial charge in [-0.15, -0.1) is 0 Å². The van der Waals surface area contributed by atoms with Crippen LogP contribution in [0, 0.1) is 0 Å². The van der Waals surface area contributed by atoms with Crippen molar-refractivity contribution >= 4 is 34.0 Å². The topological polar surface area (TPSA) is 80.0 Å². The minimum Gasteiger partial charge on any atom is -0.478 e. The fourth-order valence-electron chi connectivity index (χ4n) is 2.88. The van der Waals surface area contributed by atoms with Crippen molar-refractivity contribution in [3.05, 3.63) is 47.7 Å². The summed E-state index contributed by atoms with van der Waals surface area (Å²) in [5.41, 5.74) is 3.01. The molecule has 1 amide bonds. The number of amides is 1. The second kappa shape index (κ2) is 7.58. The van der Waals surface area contributed by atoms with E-state index in [4.69, 9.17) is 14.3 Å². The molecule has 0 aliphatic carbocycles.